The molecule has 0 aliphatic heterocycles. The van der Waals surface area contributed by atoms with Crippen molar-refractivity contribution >= 4 is 0 Å². The maximum atomic E-state index is 6.19. The smallest absolute Gasteiger partial charge is 0.234 e. The number of methoxy groups -OCH3 is 1. The van der Waals surface area contributed by atoms with Gasteiger partial charge in [-0.25, -0.2) is 4.98 Å². The lowest BCUT2D eigenvalue weighted by Gasteiger charge is -2.34. The van der Waals surface area contributed by atoms with Crippen molar-refractivity contribution in [2.24, 2.45) is 5.73 Å². The number of ether oxygens (including phenoxy) is 1. The van der Waals surface area contributed by atoms with Gasteiger partial charge in [0.1, 0.15) is 0 Å². The van der Waals surface area contributed by atoms with E-state index in [2.05, 4.69) is 15.1 Å². The van der Waals surface area contributed by atoms with E-state index >= 15 is 0 Å². The SMILES string of the molecule is COc1ccc(Cc2noc(C(C)(C)C(C)(C)N)n2)cn1. The molecule has 6 nitrogen and oxygen atoms in total. The van der Waals surface area contributed by atoms with Crippen LogP contribution in [0.25, 0.3) is 0 Å². The zero-order valence-corrected chi connectivity index (χ0v) is 13.2. The molecule has 2 N–H and O–H groups in total. The second-order valence-electron chi connectivity index (χ2n) is 6.25. The van der Waals surface area contributed by atoms with E-state index in [1.54, 1.807) is 13.3 Å². The summed E-state index contributed by atoms with van der Waals surface area (Å²) in [6.45, 7) is 7.90. The predicted molar refractivity (Wildman–Crippen MR) is 79.2 cm³/mol. The molecule has 0 unspecified atom stereocenters. The summed E-state index contributed by atoms with van der Waals surface area (Å²) in [6.07, 6.45) is 2.30. The van der Waals surface area contributed by atoms with Crippen LogP contribution in [0.2, 0.25) is 0 Å². The lowest BCUT2D eigenvalue weighted by Crippen LogP contribution is -2.50. The summed E-state index contributed by atoms with van der Waals surface area (Å²) in [7, 11) is 1.59. The van der Waals surface area contributed by atoms with Crippen LogP contribution < -0.4 is 10.5 Å². The molecule has 0 aliphatic carbocycles. The van der Waals surface area contributed by atoms with Gasteiger partial charge in [-0.2, -0.15) is 4.98 Å². The van der Waals surface area contributed by atoms with Crippen molar-refractivity contribution in [1.82, 2.24) is 15.1 Å². The van der Waals surface area contributed by atoms with Crippen LogP contribution in [-0.2, 0) is 11.8 Å². The Hall–Kier alpha value is -1.95. The molecule has 0 aromatic carbocycles. The normalized spacial score (nSPS) is 12.5. The summed E-state index contributed by atoms with van der Waals surface area (Å²) in [5.41, 5.74) is 6.31. The molecule has 0 amide bonds. The molecule has 0 spiro atoms. The third-order valence-corrected chi connectivity index (χ3v) is 3.98. The fourth-order valence-electron chi connectivity index (χ4n) is 1.67. The van der Waals surface area contributed by atoms with Gasteiger partial charge in [0.05, 0.1) is 12.5 Å². The summed E-state index contributed by atoms with van der Waals surface area (Å²) in [6, 6.07) is 3.74. The first-order valence-corrected chi connectivity index (χ1v) is 6.85. The lowest BCUT2D eigenvalue weighted by atomic mass is 9.75. The van der Waals surface area contributed by atoms with E-state index in [0.717, 1.165) is 5.56 Å². The van der Waals surface area contributed by atoms with Crippen molar-refractivity contribution in [3.05, 3.63) is 35.6 Å². The van der Waals surface area contributed by atoms with Gasteiger partial charge in [-0.15, -0.1) is 0 Å². The molecule has 2 aromatic heterocycles. The Morgan fingerprint density at radius 2 is 1.95 bits per heavy atom. The first-order chi connectivity index (χ1) is 9.74. The second kappa shape index (κ2) is 5.44. The fourth-order valence-corrected chi connectivity index (χ4v) is 1.67. The van der Waals surface area contributed by atoms with Crippen molar-refractivity contribution in [2.75, 3.05) is 7.11 Å². The Morgan fingerprint density at radius 3 is 2.48 bits per heavy atom. The summed E-state index contributed by atoms with van der Waals surface area (Å²) < 4.78 is 10.4. The van der Waals surface area contributed by atoms with E-state index in [1.807, 2.05) is 39.8 Å². The van der Waals surface area contributed by atoms with E-state index < -0.39 is 11.0 Å². The molecule has 0 bridgehead atoms. The second-order valence-corrected chi connectivity index (χ2v) is 6.25. The Kier molecular flexibility index (Phi) is 4.00. The van der Waals surface area contributed by atoms with E-state index in [4.69, 9.17) is 15.0 Å². The van der Waals surface area contributed by atoms with Gasteiger partial charge in [-0.05, 0) is 33.3 Å². The van der Waals surface area contributed by atoms with Crippen LogP contribution >= 0.6 is 0 Å². The minimum absolute atomic E-state index is 0.406. The number of nitrogens with zero attached hydrogens (tertiary/aromatic N) is 3. The molecule has 21 heavy (non-hydrogen) atoms. The maximum absolute atomic E-state index is 6.19. The average Bonchev–Trinajstić information content (AvgIpc) is 2.87. The van der Waals surface area contributed by atoms with Crippen LogP contribution in [0.5, 0.6) is 5.88 Å². The molecule has 0 aliphatic rings. The molecular weight excluding hydrogens is 268 g/mol. The largest absolute Gasteiger partial charge is 0.481 e. The number of aromatic nitrogens is 3. The van der Waals surface area contributed by atoms with Gasteiger partial charge in [0.2, 0.25) is 11.8 Å². The van der Waals surface area contributed by atoms with Crippen LogP contribution in [-0.4, -0.2) is 27.8 Å². The van der Waals surface area contributed by atoms with E-state index in [1.165, 1.54) is 0 Å². The van der Waals surface area contributed by atoms with Gasteiger partial charge >= 0.3 is 0 Å². The van der Waals surface area contributed by atoms with Crippen LogP contribution in [0.1, 0.15) is 45.0 Å². The number of rotatable bonds is 5. The average molecular weight is 290 g/mol. The molecule has 0 saturated carbocycles. The zero-order chi connectivity index (χ0) is 15.7. The Labute approximate surface area is 124 Å². The standard InChI is InChI=1S/C15H22N4O2/c1-14(2,15(3,4)16)13-18-11(19-21-13)8-10-6-7-12(20-5)17-9-10/h6-7,9H,8,16H2,1-5H3. The third-order valence-electron chi connectivity index (χ3n) is 3.98. The number of nitrogens with two attached hydrogens (primary N) is 1. The molecule has 2 heterocycles. The first-order valence-electron chi connectivity index (χ1n) is 6.85. The van der Waals surface area contributed by atoms with Crippen LogP contribution in [0.4, 0.5) is 0 Å². The summed E-state index contributed by atoms with van der Waals surface area (Å²) in [4.78, 5) is 8.63. The molecule has 0 radical (unpaired) electrons. The Balaban J connectivity index is 2.16. The highest BCUT2D eigenvalue weighted by atomic mass is 16.5. The first kappa shape index (κ1) is 15.4. The van der Waals surface area contributed by atoms with Crippen molar-refractivity contribution in [1.29, 1.82) is 0 Å². The van der Waals surface area contributed by atoms with Gasteiger partial charge in [-0.3, -0.25) is 0 Å². The highest BCUT2D eigenvalue weighted by Gasteiger charge is 2.40. The molecule has 0 fully saturated rings. The van der Waals surface area contributed by atoms with Crippen molar-refractivity contribution in [3.63, 3.8) is 0 Å². The Morgan fingerprint density at radius 1 is 1.24 bits per heavy atom. The minimum atomic E-state index is -0.460. The molecule has 0 saturated heterocycles. The van der Waals surface area contributed by atoms with Crippen molar-refractivity contribution < 1.29 is 9.26 Å². The monoisotopic (exact) mass is 290 g/mol. The Bertz CT molecular complexity index is 597. The number of hydrogen-bond acceptors (Lipinski definition) is 6. The molecule has 2 aromatic rings. The van der Waals surface area contributed by atoms with Crippen LogP contribution in [0, 0.1) is 0 Å². The summed E-state index contributed by atoms with van der Waals surface area (Å²) in [5, 5.41) is 4.03. The molecule has 0 atom stereocenters. The van der Waals surface area contributed by atoms with Crippen molar-refractivity contribution in [2.45, 2.75) is 45.1 Å². The zero-order valence-electron chi connectivity index (χ0n) is 13.2. The van der Waals surface area contributed by atoms with Gasteiger partial charge in [-0.1, -0.05) is 11.2 Å². The predicted octanol–water partition coefficient (Wildman–Crippen LogP) is 2.08. The van der Waals surface area contributed by atoms with Gasteiger partial charge < -0.3 is 15.0 Å². The van der Waals surface area contributed by atoms with Gasteiger partial charge in [0.25, 0.3) is 0 Å². The van der Waals surface area contributed by atoms with E-state index in [0.29, 0.717) is 24.0 Å². The highest BCUT2D eigenvalue weighted by Crippen LogP contribution is 2.31. The van der Waals surface area contributed by atoms with E-state index in [-0.39, 0.29) is 0 Å². The lowest BCUT2D eigenvalue weighted by molar-refractivity contribution is 0.222. The van der Waals surface area contributed by atoms with Gasteiger partial charge in [0, 0.05) is 24.2 Å². The quantitative estimate of drug-likeness (QED) is 0.907. The minimum Gasteiger partial charge on any atom is -0.481 e. The molecular formula is C15H22N4O2. The maximum Gasteiger partial charge on any atom is 0.234 e. The van der Waals surface area contributed by atoms with Crippen LogP contribution in [0.15, 0.2) is 22.9 Å². The number of hydrogen-bond donors (Lipinski definition) is 1. The van der Waals surface area contributed by atoms with Crippen molar-refractivity contribution in [3.8, 4) is 5.88 Å². The van der Waals surface area contributed by atoms with E-state index in [9.17, 15) is 0 Å². The van der Waals surface area contributed by atoms with Crippen LogP contribution in [0.3, 0.4) is 0 Å². The fraction of sp³-hybridized carbons (Fsp3) is 0.533. The topological polar surface area (TPSA) is 87.1 Å². The molecule has 6 heteroatoms. The highest BCUT2D eigenvalue weighted by molar-refractivity contribution is 5.21. The number of pyridine rings is 1. The molecule has 2 rings (SSSR count). The summed E-state index contributed by atoms with van der Waals surface area (Å²) in [5.74, 6) is 1.75. The molecule has 114 valence electrons. The third kappa shape index (κ3) is 3.21. The van der Waals surface area contributed by atoms with Gasteiger partial charge in [0.15, 0.2) is 5.82 Å². The summed E-state index contributed by atoms with van der Waals surface area (Å²) >= 11 is 0.